The first-order chi connectivity index (χ1) is 8.84. The Labute approximate surface area is 107 Å². The van der Waals surface area contributed by atoms with E-state index < -0.39 is 0 Å². The van der Waals surface area contributed by atoms with Crippen LogP contribution in [0.25, 0.3) is 0 Å². The van der Waals surface area contributed by atoms with Gasteiger partial charge in [0.05, 0.1) is 12.4 Å². The van der Waals surface area contributed by atoms with Gasteiger partial charge in [0.25, 0.3) is 0 Å². The molecule has 0 radical (unpaired) electrons. The van der Waals surface area contributed by atoms with Crippen LogP contribution in [-0.4, -0.2) is 35.1 Å². The average molecular weight is 250 g/mol. The van der Waals surface area contributed by atoms with Crippen LogP contribution < -0.4 is 10.2 Å². The highest BCUT2D eigenvalue weighted by Gasteiger charge is 2.32. The Morgan fingerprint density at radius 3 is 2.72 bits per heavy atom. The first-order valence-electron chi connectivity index (χ1n) is 6.82. The summed E-state index contributed by atoms with van der Waals surface area (Å²) >= 11 is 0. The van der Waals surface area contributed by atoms with Crippen molar-refractivity contribution in [3.8, 4) is 0 Å². The van der Waals surface area contributed by atoms with Gasteiger partial charge in [-0.3, -0.25) is 0 Å². The molecule has 2 unspecified atom stereocenters. The number of anilines is 1. The Bertz CT molecular complexity index is 388. The lowest BCUT2D eigenvalue weighted by Gasteiger charge is -2.39. The number of aromatic nitrogens is 2. The van der Waals surface area contributed by atoms with Crippen LogP contribution in [0.4, 0.5) is 10.3 Å². The first-order valence-corrected chi connectivity index (χ1v) is 6.82. The number of rotatable bonds is 2. The van der Waals surface area contributed by atoms with Gasteiger partial charge in [-0.2, -0.15) is 0 Å². The molecule has 2 fully saturated rings. The normalized spacial score (nSPS) is 28.6. The molecule has 0 saturated carbocycles. The van der Waals surface area contributed by atoms with E-state index in [2.05, 4.69) is 20.2 Å². The van der Waals surface area contributed by atoms with Crippen molar-refractivity contribution in [1.29, 1.82) is 0 Å². The Hall–Kier alpha value is -1.23. The van der Waals surface area contributed by atoms with E-state index in [-0.39, 0.29) is 5.82 Å². The Morgan fingerprint density at radius 1 is 1.17 bits per heavy atom. The van der Waals surface area contributed by atoms with Crippen molar-refractivity contribution in [3.05, 3.63) is 18.2 Å². The Morgan fingerprint density at radius 2 is 2.00 bits per heavy atom. The van der Waals surface area contributed by atoms with Crippen molar-refractivity contribution in [2.24, 2.45) is 0 Å². The summed E-state index contributed by atoms with van der Waals surface area (Å²) in [4.78, 5) is 10.5. The molecule has 3 heterocycles. The van der Waals surface area contributed by atoms with Crippen LogP contribution in [0, 0.1) is 5.82 Å². The lowest BCUT2D eigenvalue weighted by atomic mass is 9.95. The summed E-state index contributed by atoms with van der Waals surface area (Å²) in [6.07, 6.45) is 8.61. The lowest BCUT2D eigenvalue weighted by Crippen LogP contribution is -2.51. The second-order valence-corrected chi connectivity index (χ2v) is 5.16. The van der Waals surface area contributed by atoms with E-state index in [4.69, 9.17) is 0 Å². The number of halogens is 1. The monoisotopic (exact) mass is 250 g/mol. The maximum absolute atomic E-state index is 12.9. The molecule has 0 bridgehead atoms. The van der Waals surface area contributed by atoms with Crippen LogP contribution in [0.1, 0.15) is 32.1 Å². The van der Waals surface area contributed by atoms with Gasteiger partial charge in [0, 0.05) is 18.6 Å². The molecule has 0 spiro atoms. The van der Waals surface area contributed by atoms with E-state index in [1.54, 1.807) is 0 Å². The molecule has 1 N–H and O–H groups in total. The fourth-order valence-corrected chi connectivity index (χ4v) is 3.12. The predicted octanol–water partition coefficient (Wildman–Crippen LogP) is 1.73. The number of hydrogen-bond donors (Lipinski definition) is 1. The van der Waals surface area contributed by atoms with Crippen molar-refractivity contribution in [2.45, 2.75) is 44.2 Å². The molecule has 2 saturated heterocycles. The summed E-state index contributed by atoms with van der Waals surface area (Å²) < 4.78 is 12.9. The molecule has 3 rings (SSSR count). The highest BCUT2D eigenvalue weighted by Crippen LogP contribution is 2.26. The molecule has 98 valence electrons. The van der Waals surface area contributed by atoms with Crippen LogP contribution >= 0.6 is 0 Å². The molecule has 0 aromatic carbocycles. The zero-order valence-electron chi connectivity index (χ0n) is 10.5. The zero-order valence-corrected chi connectivity index (χ0v) is 10.5. The number of hydrogen-bond acceptors (Lipinski definition) is 4. The highest BCUT2D eigenvalue weighted by molar-refractivity contribution is 5.32. The standard InChI is InChI=1S/C13H19FN4/c14-10-8-16-13(17-9-10)18-7-2-1-5-12(18)11-4-3-6-15-11/h8-9,11-12,15H,1-7H2. The third-order valence-corrected chi connectivity index (χ3v) is 3.98. The van der Waals surface area contributed by atoms with Gasteiger partial charge in [0.1, 0.15) is 0 Å². The van der Waals surface area contributed by atoms with Crippen LogP contribution in [0.3, 0.4) is 0 Å². The maximum atomic E-state index is 12.9. The molecule has 18 heavy (non-hydrogen) atoms. The molecule has 2 atom stereocenters. The van der Waals surface area contributed by atoms with E-state index in [1.165, 1.54) is 44.5 Å². The minimum atomic E-state index is -0.369. The lowest BCUT2D eigenvalue weighted by molar-refractivity contribution is 0.373. The second-order valence-electron chi connectivity index (χ2n) is 5.16. The molecule has 5 heteroatoms. The first kappa shape index (κ1) is 11.8. The SMILES string of the molecule is Fc1cnc(N2CCCCC2C2CCCN2)nc1. The van der Waals surface area contributed by atoms with E-state index in [0.717, 1.165) is 13.1 Å². The van der Waals surface area contributed by atoms with Gasteiger partial charge in [-0.05, 0) is 38.6 Å². The molecule has 1 aromatic heterocycles. The maximum Gasteiger partial charge on any atom is 0.225 e. The molecule has 2 aliphatic rings. The number of piperidine rings is 1. The molecule has 0 amide bonds. The van der Waals surface area contributed by atoms with Gasteiger partial charge in [-0.15, -0.1) is 0 Å². The van der Waals surface area contributed by atoms with Crippen LogP contribution in [0.5, 0.6) is 0 Å². The molecule has 0 aliphatic carbocycles. The number of nitrogens with one attached hydrogen (secondary N) is 1. The molecular weight excluding hydrogens is 231 g/mol. The summed E-state index contributed by atoms with van der Waals surface area (Å²) in [6.45, 7) is 2.09. The fraction of sp³-hybridized carbons (Fsp3) is 0.692. The molecule has 2 aliphatic heterocycles. The highest BCUT2D eigenvalue weighted by atomic mass is 19.1. The van der Waals surface area contributed by atoms with Crippen LogP contribution in [0.15, 0.2) is 12.4 Å². The average Bonchev–Trinajstić information content (AvgIpc) is 2.93. The summed E-state index contributed by atoms with van der Waals surface area (Å²) in [5.41, 5.74) is 0. The molecule has 4 nitrogen and oxygen atoms in total. The predicted molar refractivity (Wildman–Crippen MR) is 68.0 cm³/mol. The smallest absolute Gasteiger partial charge is 0.225 e. The third kappa shape index (κ3) is 2.32. The van der Waals surface area contributed by atoms with E-state index in [0.29, 0.717) is 18.0 Å². The minimum Gasteiger partial charge on any atom is -0.336 e. The van der Waals surface area contributed by atoms with E-state index in [1.807, 2.05) is 0 Å². The topological polar surface area (TPSA) is 41.1 Å². The zero-order chi connectivity index (χ0) is 12.4. The quantitative estimate of drug-likeness (QED) is 0.868. The van der Waals surface area contributed by atoms with Gasteiger partial charge in [0.2, 0.25) is 5.95 Å². The number of nitrogens with zero attached hydrogens (tertiary/aromatic N) is 3. The Kier molecular flexibility index (Phi) is 3.41. The summed E-state index contributed by atoms with van der Waals surface area (Å²) in [5.74, 6) is 0.307. The van der Waals surface area contributed by atoms with E-state index >= 15 is 0 Å². The van der Waals surface area contributed by atoms with E-state index in [9.17, 15) is 4.39 Å². The van der Waals surface area contributed by atoms with Gasteiger partial charge in [-0.1, -0.05) is 0 Å². The third-order valence-electron chi connectivity index (χ3n) is 3.98. The van der Waals surface area contributed by atoms with Crippen LogP contribution in [-0.2, 0) is 0 Å². The summed E-state index contributed by atoms with van der Waals surface area (Å²) in [5, 5.41) is 3.57. The van der Waals surface area contributed by atoms with Crippen molar-refractivity contribution in [3.63, 3.8) is 0 Å². The second kappa shape index (κ2) is 5.18. The van der Waals surface area contributed by atoms with Gasteiger partial charge in [0.15, 0.2) is 5.82 Å². The van der Waals surface area contributed by atoms with Crippen molar-refractivity contribution >= 4 is 5.95 Å². The van der Waals surface area contributed by atoms with Crippen molar-refractivity contribution in [1.82, 2.24) is 15.3 Å². The van der Waals surface area contributed by atoms with Gasteiger partial charge >= 0.3 is 0 Å². The van der Waals surface area contributed by atoms with Gasteiger partial charge < -0.3 is 10.2 Å². The van der Waals surface area contributed by atoms with Crippen molar-refractivity contribution in [2.75, 3.05) is 18.0 Å². The molecular formula is C13H19FN4. The molecule has 1 aromatic rings. The minimum absolute atomic E-state index is 0.369. The Balaban J connectivity index is 1.80. The fourth-order valence-electron chi connectivity index (χ4n) is 3.12. The largest absolute Gasteiger partial charge is 0.336 e. The van der Waals surface area contributed by atoms with Crippen molar-refractivity contribution < 1.29 is 4.39 Å². The summed E-state index contributed by atoms with van der Waals surface area (Å²) in [7, 11) is 0. The van der Waals surface area contributed by atoms with Crippen LogP contribution in [0.2, 0.25) is 0 Å². The van der Waals surface area contributed by atoms with Gasteiger partial charge in [-0.25, -0.2) is 14.4 Å². The summed E-state index contributed by atoms with van der Waals surface area (Å²) in [6, 6.07) is 1.01.